The van der Waals surface area contributed by atoms with Gasteiger partial charge in [0.15, 0.2) is 0 Å². The molecule has 0 aliphatic heterocycles. The Morgan fingerprint density at radius 3 is 1.58 bits per heavy atom. The number of aliphatic hydroxyl groups excluding tert-OH is 2. The Morgan fingerprint density at radius 1 is 0.842 bits per heavy atom. The summed E-state index contributed by atoms with van der Waals surface area (Å²) in [6.07, 6.45) is 7.38. The second-order valence-electron chi connectivity index (χ2n) is 3.81. The lowest BCUT2D eigenvalue weighted by Gasteiger charge is -2.11. The predicted molar refractivity (Wildman–Crippen MR) is 73.6 cm³/mol. The van der Waals surface area contributed by atoms with Crippen LogP contribution in [0.3, 0.4) is 0 Å². The Bertz CT molecular complexity index is 204. The summed E-state index contributed by atoms with van der Waals surface area (Å²) < 4.78 is 16.0. The standard InChI is InChI=1S/C14H26O5/c1-3-18-13(5-9-15)7-11-17-12-8-14(6-10-16)19-4-2/h7-8,11-16H,3-6,9-10H2,1-2H3. The molecule has 5 heteroatoms. The van der Waals surface area contributed by atoms with Crippen LogP contribution in [-0.2, 0) is 14.2 Å². The Kier molecular flexibility index (Phi) is 12.9. The summed E-state index contributed by atoms with van der Waals surface area (Å²) in [5.41, 5.74) is 0. The minimum atomic E-state index is -0.136. The maximum atomic E-state index is 8.85. The molecule has 0 radical (unpaired) electrons. The van der Waals surface area contributed by atoms with E-state index < -0.39 is 0 Å². The molecule has 2 N–H and O–H groups in total. The van der Waals surface area contributed by atoms with Gasteiger partial charge < -0.3 is 24.4 Å². The molecular formula is C14H26O5. The van der Waals surface area contributed by atoms with E-state index in [9.17, 15) is 0 Å². The van der Waals surface area contributed by atoms with Crippen molar-refractivity contribution >= 4 is 0 Å². The van der Waals surface area contributed by atoms with Gasteiger partial charge in [0.25, 0.3) is 0 Å². The van der Waals surface area contributed by atoms with Crippen molar-refractivity contribution in [3.63, 3.8) is 0 Å². The molecule has 0 aromatic heterocycles. The highest BCUT2D eigenvalue weighted by atomic mass is 16.5. The van der Waals surface area contributed by atoms with Crippen LogP contribution in [0.15, 0.2) is 24.7 Å². The first-order valence-corrected chi connectivity index (χ1v) is 6.72. The van der Waals surface area contributed by atoms with Crippen LogP contribution < -0.4 is 0 Å². The van der Waals surface area contributed by atoms with Crippen molar-refractivity contribution in [2.75, 3.05) is 26.4 Å². The third kappa shape index (κ3) is 10.7. The molecule has 0 rings (SSSR count). The van der Waals surface area contributed by atoms with Crippen molar-refractivity contribution in [3.8, 4) is 0 Å². The van der Waals surface area contributed by atoms with Crippen LogP contribution in [0.4, 0.5) is 0 Å². The van der Waals surface area contributed by atoms with Crippen LogP contribution in [0, 0.1) is 0 Å². The quantitative estimate of drug-likeness (QED) is 0.529. The van der Waals surface area contributed by atoms with E-state index in [-0.39, 0.29) is 25.4 Å². The summed E-state index contributed by atoms with van der Waals surface area (Å²) in [6.45, 7) is 5.14. The molecule has 0 aliphatic rings. The Labute approximate surface area is 115 Å². The van der Waals surface area contributed by atoms with Gasteiger partial charge in [0.1, 0.15) is 0 Å². The molecule has 2 atom stereocenters. The highest BCUT2D eigenvalue weighted by Gasteiger charge is 2.03. The summed E-state index contributed by atoms with van der Waals surface area (Å²) in [4.78, 5) is 0. The van der Waals surface area contributed by atoms with Gasteiger partial charge in [-0.1, -0.05) is 0 Å². The highest BCUT2D eigenvalue weighted by Crippen LogP contribution is 2.02. The molecule has 19 heavy (non-hydrogen) atoms. The highest BCUT2D eigenvalue weighted by molar-refractivity contribution is 4.89. The Balaban J connectivity index is 4.01. The van der Waals surface area contributed by atoms with Crippen LogP contribution in [0.2, 0.25) is 0 Å². The molecule has 0 saturated heterocycles. The summed E-state index contributed by atoms with van der Waals surface area (Å²) in [5, 5.41) is 17.7. The van der Waals surface area contributed by atoms with E-state index in [1.54, 1.807) is 12.2 Å². The number of rotatable bonds is 12. The monoisotopic (exact) mass is 274 g/mol. The first-order valence-electron chi connectivity index (χ1n) is 6.72. The average Bonchev–Trinajstić information content (AvgIpc) is 2.39. The molecule has 0 spiro atoms. The number of hydrogen-bond donors (Lipinski definition) is 2. The molecule has 112 valence electrons. The zero-order chi connectivity index (χ0) is 14.3. The fourth-order valence-electron chi connectivity index (χ4n) is 1.46. The van der Waals surface area contributed by atoms with E-state index in [0.29, 0.717) is 26.1 Å². The average molecular weight is 274 g/mol. The lowest BCUT2D eigenvalue weighted by molar-refractivity contribution is 0.0729. The van der Waals surface area contributed by atoms with Gasteiger partial charge in [-0.2, -0.15) is 0 Å². The molecule has 0 aromatic carbocycles. The second kappa shape index (κ2) is 13.5. The largest absolute Gasteiger partial charge is 0.473 e. The van der Waals surface area contributed by atoms with Crippen molar-refractivity contribution < 1.29 is 24.4 Å². The molecule has 0 aliphatic carbocycles. The van der Waals surface area contributed by atoms with Crippen molar-refractivity contribution in [1.82, 2.24) is 0 Å². The number of hydrogen-bond acceptors (Lipinski definition) is 5. The van der Waals surface area contributed by atoms with Gasteiger partial charge in [-0.05, 0) is 26.0 Å². The van der Waals surface area contributed by atoms with Crippen molar-refractivity contribution in [2.45, 2.75) is 38.9 Å². The van der Waals surface area contributed by atoms with E-state index in [1.165, 1.54) is 12.5 Å². The van der Waals surface area contributed by atoms with Crippen molar-refractivity contribution in [2.24, 2.45) is 0 Å². The van der Waals surface area contributed by atoms with E-state index >= 15 is 0 Å². The third-order valence-corrected chi connectivity index (χ3v) is 2.33. The summed E-state index contributed by atoms with van der Waals surface area (Å²) in [6, 6.07) is 0. The number of ether oxygens (including phenoxy) is 3. The SMILES string of the molecule is CCOC(C=COC=CC(CCO)OCC)CCO. The molecule has 5 nitrogen and oxygen atoms in total. The maximum Gasteiger partial charge on any atom is 0.0887 e. The normalized spacial score (nSPS) is 15.2. The first-order chi connectivity index (χ1) is 9.28. The van der Waals surface area contributed by atoms with E-state index in [2.05, 4.69) is 0 Å². The number of aliphatic hydroxyl groups is 2. The fraction of sp³-hybridized carbons (Fsp3) is 0.714. The lowest BCUT2D eigenvalue weighted by Crippen LogP contribution is -2.12. The van der Waals surface area contributed by atoms with Crippen molar-refractivity contribution in [3.05, 3.63) is 24.7 Å². The van der Waals surface area contributed by atoms with E-state index in [4.69, 9.17) is 24.4 Å². The summed E-state index contributed by atoms with van der Waals surface area (Å²) in [5.74, 6) is 0. The molecule has 2 unspecified atom stereocenters. The van der Waals surface area contributed by atoms with Gasteiger partial charge in [0.2, 0.25) is 0 Å². The Hall–Kier alpha value is -0.880. The van der Waals surface area contributed by atoms with Gasteiger partial charge in [-0.25, -0.2) is 0 Å². The molecular weight excluding hydrogens is 248 g/mol. The van der Waals surface area contributed by atoms with Crippen LogP contribution in [0.1, 0.15) is 26.7 Å². The van der Waals surface area contributed by atoms with Gasteiger partial charge in [-0.15, -0.1) is 0 Å². The van der Waals surface area contributed by atoms with Crippen molar-refractivity contribution in [1.29, 1.82) is 0 Å². The molecule has 0 fully saturated rings. The van der Waals surface area contributed by atoms with Crippen LogP contribution >= 0.6 is 0 Å². The zero-order valence-corrected chi connectivity index (χ0v) is 11.8. The molecule has 0 amide bonds. The van der Waals surface area contributed by atoms with Crippen LogP contribution in [-0.4, -0.2) is 48.8 Å². The molecule has 0 saturated carbocycles. The minimum absolute atomic E-state index is 0.0771. The first kappa shape index (κ1) is 18.1. The van der Waals surface area contributed by atoms with Gasteiger partial charge in [-0.3, -0.25) is 0 Å². The molecule has 0 heterocycles. The van der Waals surface area contributed by atoms with E-state index in [1.807, 2.05) is 13.8 Å². The Morgan fingerprint density at radius 2 is 1.26 bits per heavy atom. The fourth-order valence-corrected chi connectivity index (χ4v) is 1.46. The zero-order valence-electron chi connectivity index (χ0n) is 11.8. The topological polar surface area (TPSA) is 68.2 Å². The predicted octanol–water partition coefficient (Wildman–Crippen LogP) is 1.61. The summed E-state index contributed by atoms with van der Waals surface area (Å²) in [7, 11) is 0. The minimum Gasteiger partial charge on any atom is -0.473 e. The third-order valence-electron chi connectivity index (χ3n) is 2.33. The van der Waals surface area contributed by atoms with E-state index in [0.717, 1.165) is 0 Å². The van der Waals surface area contributed by atoms with Gasteiger partial charge >= 0.3 is 0 Å². The maximum absolute atomic E-state index is 8.85. The summed E-state index contributed by atoms with van der Waals surface area (Å²) >= 11 is 0. The molecule has 0 bridgehead atoms. The molecule has 0 aromatic rings. The smallest absolute Gasteiger partial charge is 0.0887 e. The second-order valence-corrected chi connectivity index (χ2v) is 3.81. The lowest BCUT2D eigenvalue weighted by atomic mass is 10.2. The van der Waals surface area contributed by atoms with Gasteiger partial charge in [0.05, 0.1) is 24.7 Å². The van der Waals surface area contributed by atoms with Crippen LogP contribution in [0.25, 0.3) is 0 Å². The van der Waals surface area contributed by atoms with Crippen LogP contribution in [0.5, 0.6) is 0 Å². The van der Waals surface area contributed by atoms with Gasteiger partial charge in [0, 0.05) is 39.3 Å².